The van der Waals surface area contributed by atoms with Gasteiger partial charge in [-0.1, -0.05) is 30.3 Å². The van der Waals surface area contributed by atoms with E-state index in [4.69, 9.17) is 0 Å². The lowest BCUT2D eigenvalue weighted by Gasteiger charge is -2.40. The summed E-state index contributed by atoms with van der Waals surface area (Å²) in [6, 6.07) is 12.4. The number of carbonyl (C=O) groups excluding carboxylic acids is 1. The summed E-state index contributed by atoms with van der Waals surface area (Å²) in [5.74, 6) is -0.108. The van der Waals surface area contributed by atoms with Crippen LogP contribution in [0.4, 0.5) is 13.2 Å². The van der Waals surface area contributed by atoms with Crippen molar-refractivity contribution >= 4 is 5.91 Å². The second-order valence-corrected chi connectivity index (χ2v) is 7.17. The number of hydrogen-bond acceptors (Lipinski definition) is 3. The van der Waals surface area contributed by atoms with Crippen molar-refractivity contribution < 1.29 is 23.1 Å². The fourth-order valence-electron chi connectivity index (χ4n) is 3.55. The summed E-state index contributed by atoms with van der Waals surface area (Å²) >= 11 is 0. The van der Waals surface area contributed by atoms with Gasteiger partial charge >= 0.3 is 6.18 Å². The summed E-state index contributed by atoms with van der Waals surface area (Å²) in [6.07, 6.45) is -4.11. The van der Waals surface area contributed by atoms with Gasteiger partial charge in [-0.3, -0.25) is 9.69 Å². The van der Waals surface area contributed by atoms with Crippen molar-refractivity contribution in [2.45, 2.75) is 32.1 Å². The number of nitrogens with zero attached hydrogens (tertiary/aromatic N) is 2. The first kappa shape index (κ1) is 20.2. The van der Waals surface area contributed by atoms with E-state index in [0.29, 0.717) is 26.1 Å². The van der Waals surface area contributed by atoms with Crippen LogP contribution in [0.2, 0.25) is 0 Å². The van der Waals surface area contributed by atoms with E-state index in [1.54, 1.807) is 0 Å². The van der Waals surface area contributed by atoms with Gasteiger partial charge < -0.3 is 10.0 Å². The van der Waals surface area contributed by atoms with Gasteiger partial charge in [0.1, 0.15) is 5.75 Å². The molecule has 1 aliphatic rings. The quantitative estimate of drug-likeness (QED) is 0.863. The van der Waals surface area contributed by atoms with Gasteiger partial charge in [0.05, 0.1) is 12.0 Å². The van der Waals surface area contributed by atoms with Crippen LogP contribution in [0.3, 0.4) is 0 Å². The zero-order chi connectivity index (χ0) is 20.3. The fraction of sp³-hybridized carbons (Fsp3) is 0.381. The van der Waals surface area contributed by atoms with Crippen molar-refractivity contribution in [2.75, 3.05) is 19.6 Å². The summed E-state index contributed by atoms with van der Waals surface area (Å²) in [7, 11) is 0. The molecule has 2 aromatic rings. The molecule has 1 N–H and O–H groups in total. The molecule has 1 heterocycles. The zero-order valence-corrected chi connectivity index (χ0v) is 15.6. The van der Waals surface area contributed by atoms with Gasteiger partial charge in [-0.15, -0.1) is 0 Å². The number of amides is 1. The molecule has 1 amide bonds. The van der Waals surface area contributed by atoms with Gasteiger partial charge in [-0.25, -0.2) is 0 Å². The molecular formula is C21H23F3N2O2. The standard InChI is InChI=1S/C21H23F3N2O2/c1-15-13-25(14-17-12-18(21(22,23)24)7-8-19(17)27)9-10-26(15)20(28)11-16-5-3-2-4-6-16/h2-8,12,15,27H,9-11,13-14H2,1H3/t15-/m0/s1. The lowest BCUT2D eigenvalue weighted by atomic mass is 10.1. The molecule has 0 radical (unpaired) electrons. The zero-order valence-electron chi connectivity index (χ0n) is 15.6. The van der Waals surface area contributed by atoms with Crippen LogP contribution in [-0.4, -0.2) is 46.5 Å². The average molecular weight is 392 g/mol. The first-order chi connectivity index (χ1) is 13.2. The third-order valence-electron chi connectivity index (χ3n) is 5.03. The van der Waals surface area contributed by atoms with Gasteiger partial charge in [0.25, 0.3) is 0 Å². The van der Waals surface area contributed by atoms with Gasteiger partial charge in [0.2, 0.25) is 5.91 Å². The first-order valence-electron chi connectivity index (χ1n) is 9.19. The number of benzene rings is 2. The van der Waals surface area contributed by atoms with E-state index in [-0.39, 0.29) is 29.8 Å². The molecule has 1 atom stereocenters. The Hall–Kier alpha value is -2.54. The Morgan fingerprint density at radius 1 is 1.14 bits per heavy atom. The van der Waals surface area contributed by atoms with Crippen LogP contribution < -0.4 is 0 Å². The number of halogens is 3. The van der Waals surface area contributed by atoms with E-state index < -0.39 is 11.7 Å². The summed E-state index contributed by atoms with van der Waals surface area (Å²) < 4.78 is 38.8. The molecule has 150 valence electrons. The maximum atomic E-state index is 12.9. The highest BCUT2D eigenvalue weighted by Gasteiger charge is 2.32. The highest BCUT2D eigenvalue weighted by molar-refractivity contribution is 5.79. The molecule has 0 saturated carbocycles. The Bertz CT molecular complexity index is 824. The van der Waals surface area contributed by atoms with E-state index in [0.717, 1.165) is 23.8 Å². The minimum Gasteiger partial charge on any atom is -0.508 e. The van der Waals surface area contributed by atoms with Crippen molar-refractivity contribution in [2.24, 2.45) is 0 Å². The number of alkyl halides is 3. The number of phenolic OH excluding ortho intramolecular Hbond substituents is 1. The molecule has 1 aliphatic heterocycles. The Morgan fingerprint density at radius 2 is 1.86 bits per heavy atom. The molecule has 0 unspecified atom stereocenters. The average Bonchev–Trinajstić information content (AvgIpc) is 2.63. The number of aromatic hydroxyl groups is 1. The molecule has 0 aliphatic carbocycles. The molecule has 1 fully saturated rings. The Kier molecular flexibility index (Phi) is 5.93. The summed E-state index contributed by atoms with van der Waals surface area (Å²) in [4.78, 5) is 16.4. The smallest absolute Gasteiger partial charge is 0.416 e. The van der Waals surface area contributed by atoms with Crippen LogP contribution in [0.5, 0.6) is 5.75 Å². The highest BCUT2D eigenvalue weighted by atomic mass is 19.4. The molecule has 2 aromatic carbocycles. The number of hydrogen-bond donors (Lipinski definition) is 1. The Labute approximate surface area is 162 Å². The van der Waals surface area contributed by atoms with E-state index in [1.807, 2.05) is 47.1 Å². The van der Waals surface area contributed by atoms with Crippen molar-refractivity contribution in [1.82, 2.24) is 9.80 Å². The van der Waals surface area contributed by atoms with Crippen molar-refractivity contribution in [3.63, 3.8) is 0 Å². The van der Waals surface area contributed by atoms with Gasteiger partial charge in [-0.2, -0.15) is 13.2 Å². The Balaban J connectivity index is 1.62. The lowest BCUT2D eigenvalue weighted by molar-refractivity contribution is -0.138. The van der Waals surface area contributed by atoms with E-state index >= 15 is 0 Å². The highest BCUT2D eigenvalue weighted by Crippen LogP contribution is 2.32. The molecule has 7 heteroatoms. The third-order valence-corrected chi connectivity index (χ3v) is 5.03. The second kappa shape index (κ2) is 8.22. The van der Waals surface area contributed by atoms with Crippen LogP contribution in [-0.2, 0) is 23.9 Å². The van der Waals surface area contributed by atoms with Crippen molar-refractivity contribution in [3.05, 3.63) is 65.2 Å². The molecule has 0 aromatic heterocycles. The van der Waals surface area contributed by atoms with E-state index in [9.17, 15) is 23.1 Å². The van der Waals surface area contributed by atoms with Gasteiger partial charge in [0, 0.05) is 37.8 Å². The van der Waals surface area contributed by atoms with E-state index in [2.05, 4.69) is 0 Å². The summed E-state index contributed by atoms with van der Waals surface area (Å²) in [6.45, 7) is 3.73. The SMILES string of the molecule is C[C@H]1CN(Cc2cc(C(F)(F)F)ccc2O)CCN1C(=O)Cc1ccccc1. The van der Waals surface area contributed by atoms with Crippen LogP contribution in [0.25, 0.3) is 0 Å². The molecular weight excluding hydrogens is 369 g/mol. The topological polar surface area (TPSA) is 43.8 Å². The summed E-state index contributed by atoms with van der Waals surface area (Å²) in [5.41, 5.74) is 0.423. The summed E-state index contributed by atoms with van der Waals surface area (Å²) in [5, 5.41) is 9.94. The van der Waals surface area contributed by atoms with Crippen molar-refractivity contribution in [1.29, 1.82) is 0 Å². The molecule has 0 spiro atoms. The molecule has 1 saturated heterocycles. The van der Waals surface area contributed by atoms with Crippen LogP contribution in [0.15, 0.2) is 48.5 Å². The second-order valence-electron chi connectivity index (χ2n) is 7.17. The largest absolute Gasteiger partial charge is 0.508 e. The number of carbonyl (C=O) groups is 1. The van der Waals surface area contributed by atoms with Crippen LogP contribution in [0, 0.1) is 0 Å². The van der Waals surface area contributed by atoms with Crippen LogP contribution >= 0.6 is 0 Å². The molecule has 28 heavy (non-hydrogen) atoms. The number of phenols is 1. The Morgan fingerprint density at radius 3 is 2.50 bits per heavy atom. The minimum absolute atomic E-state index is 0.0419. The molecule has 3 rings (SSSR count). The van der Waals surface area contributed by atoms with Crippen molar-refractivity contribution in [3.8, 4) is 5.75 Å². The third kappa shape index (κ3) is 4.84. The van der Waals surface area contributed by atoms with E-state index in [1.165, 1.54) is 0 Å². The molecule has 4 nitrogen and oxygen atoms in total. The lowest BCUT2D eigenvalue weighted by Crippen LogP contribution is -2.54. The normalized spacial score (nSPS) is 18.3. The maximum absolute atomic E-state index is 12.9. The fourth-order valence-corrected chi connectivity index (χ4v) is 3.55. The van der Waals surface area contributed by atoms with Gasteiger partial charge in [-0.05, 0) is 30.7 Å². The molecule has 0 bridgehead atoms. The number of rotatable bonds is 4. The monoisotopic (exact) mass is 392 g/mol. The predicted molar refractivity (Wildman–Crippen MR) is 99.7 cm³/mol. The number of piperazine rings is 1. The first-order valence-corrected chi connectivity index (χ1v) is 9.19. The van der Waals surface area contributed by atoms with Gasteiger partial charge in [0.15, 0.2) is 0 Å². The maximum Gasteiger partial charge on any atom is 0.416 e. The van der Waals surface area contributed by atoms with Crippen LogP contribution in [0.1, 0.15) is 23.6 Å². The minimum atomic E-state index is -4.45. The predicted octanol–water partition coefficient (Wildman–Crippen LogP) is 3.69.